The second-order valence-electron chi connectivity index (χ2n) is 4.95. The second-order valence-corrected chi connectivity index (χ2v) is 4.95. The van der Waals surface area contributed by atoms with Gasteiger partial charge in [0.1, 0.15) is 5.82 Å². The van der Waals surface area contributed by atoms with Crippen LogP contribution in [-0.2, 0) is 11.8 Å². The molecule has 5 heteroatoms. The SMILES string of the molecule is COCC1CCN(c2c(C=O)c(C)nn2C)CC1. The molecule has 0 amide bonds. The summed E-state index contributed by atoms with van der Waals surface area (Å²) in [6.07, 6.45) is 3.13. The Bertz CT molecular complexity index is 420. The van der Waals surface area contributed by atoms with E-state index in [1.807, 2.05) is 18.7 Å². The van der Waals surface area contributed by atoms with Gasteiger partial charge >= 0.3 is 0 Å². The van der Waals surface area contributed by atoms with E-state index in [0.717, 1.165) is 55.9 Å². The van der Waals surface area contributed by atoms with Gasteiger partial charge in [-0.05, 0) is 25.7 Å². The summed E-state index contributed by atoms with van der Waals surface area (Å²) in [5.41, 5.74) is 1.53. The molecular weight excluding hydrogens is 230 g/mol. The minimum absolute atomic E-state index is 0.639. The van der Waals surface area contributed by atoms with E-state index in [2.05, 4.69) is 10.00 Å². The van der Waals surface area contributed by atoms with Gasteiger partial charge in [-0.1, -0.05) is 0 Å². The summed E-state index contributed by atoms with van der Waals surface area (Å²) < 4.78 is 7.02. The first-order chi connectivity index (χ1) is 8.67. The van der Waals surface area contributed by atoms with Gasteiger partial charge in [0.05, 0.1) is 11.3 Å². The third kappa shape index (κ3) is 2.41. The van der Waals surface area contributed by atoms with Crippen LogP contribution >= 0.6 is 0 Å². The molecule has 1 aromatic rings. The molecule has 0 spiro atoms. The Labute approximate surface area is 108 Å². The summed E-state index contributed by atoms with van der Waals surface area (Å²) in [6.45, 7) is 4.64. The molecule has 0 aromatic carbocycles. The zero-order valence-electron chi connectivity index (χ0n) is 11.3. The molecule has 5 nitrogen and oxygen atoms in total. The number of hydrogen-bond acceptors (Lipinski definition) is 4. The van der Waals surface area contributed by atoms with Crippen molar-refractivity contribution < 1.29 is 9.53 Å². The Kier molecular flexibility index (Phi) is 4.01. The standard InChI is InChI=1S/C13H21N3O2/c1-10-12(8-17)13(15(2)14-10)16-6-4-11(5-7-16)9-18-3/h8,11H,4-7,9H2,1-3H3. The highest BCUT2D eigenvalue weighted by Gasteiger charge is 2.24. The zero-order valence-corrected chi connectivity index (χ0v) is 11.3. The number of carbonyl (C=O) groups excluding carboxylic acids is 1. The van der Waals surface area contributed by atoms with Crippen LogP contribution in [0.25, 0.3) is 0 Å². The number of nitrogens with zero attached hydrogens (tertiary/aromatic N) is 3. The molecular formula is C13H21N3O2. The summed E-state index contributed by atoms with van der Waals surface area (Å²) >= 11 is 0. The van der Waals surface area contributed by atoms with Crippen LogP contribution in [0.2, 0.25) is 0 Å². The Morgan fingerprint density at radius 1 is 1.44 bits per heavy atom. The largest absolute Gasteiger partial charge is 0.384 e. The molecule has 18 heavy (non-hydrogen) atoms. The average molecular weight is 251 g/mol. The monoisotopic (exact) mass is 251 g/mol. The van der Waals surface area contributed by atoms with Crippen molar-refractivity contribution in [3.8, 4) is 0 Å². The Morgan fingerprint density at radius 3 is 2.67 bits per heavy atom. The third-order valence-corrected chi connectivity index (χ3v) is 3.67. The van der Waals surface area contributed by atoms with Crippen LogP contribution < -0.4 is 4.90 Å². The number of methoxy groups -OCH3 is 1. The molecule has 1 aromatic heterocycles. The lowest BCUT2D eigenvalue weighted by Crippen LogP contribution is -2.36. The molecule has 1 aliphatic heterocycles. The number of carbonyl (C=O) groups is 1. The summed E-state index contributed by atoms with van der Waals surface area (Å²) in [5.74, 6) is 1.60. The highest BCUT2D eigenvalue weighted by Crippen LogP contribution is 2.26. The predicted molar refractivity (Wildman–Crippen MR) is 70.1 cm³/mol. The number of piperidine rings is 1. The molecule has 0 bridgehead atoms. The normalized spacial score (nSPS) is 17.2. The van der Waals surface area contributed by atoms with Crippen molar-refractivity contribution in [1.82, 2.24) is 9.78 Å². The minimum atomic E-state index is 0.639. The number of ether oxygens (including phenoxy) is 1. The molecule has 0 aliphatic carbocycles. The zero-order chi connectivity index (χ0) is 13.1. The quantitative estimate of drug-likeness (QED) is 0.759. The van der Waals surface area contributed by atoms with E-state index in [4.69, 9.17) is 4.74 Å². The van der Waals surface area contributed by atoms with E-state index in [1.54, 1.807) is 7.11 Å². The van der Waals surface area contributed by atoms with Crippen molar-refractivity contribution in [2.75, 3.05) is 31.7 Å². The Hall–Kier alpha value is -1.36. The fraction of sp³-hybridized carbons (Fsp3) is 0.692. The number of aldehydes is 1. The summed E-state index contributed by atoms with van der Waals surface area (Å²) in [7, 11) is 3.65. The maximum Gasteiger partial charge on any atom is 0.155 e. The molecule has 0 saturated carbocycles. The van der Waals surface area contributed by atoms with Crippen LogP contribution in [0.5, 0.6) is 0 Å². The summed E-state index contributed by atoms with van der Waals surface area (Å²) in [4.78, 5) is 13.4. The van der Waals surface area contributed by atoms with E-state index in [1.165, 1.54) is 0 Å². The molecule has 0 unspecified atom stereocenters. The van der Waals surface area contributed by atoms with Crippen LogP contribution in [0.15, 0.2) is 0 Å². The van der Waals surface area contributed by atoms with E-state index < -0.39 is 0 Å². The molecule has 1 saturated heterocycles. The van der Waals surface area contributed by atoms with Gasteiger partial charge in [0.2, 0.25) is 0 Å². The number of rotatable bonds is 4. The molecule has 0 N–H and O–H groups in total. The van der Waals surface area contributed by atoms with Gasteiger partial charge in [-0.3, -0.25) is 9.48 Å². The van der Waals surface area contributed by atoms with E-state index in [0.29, 0.717) is 5.92 Å². The van der Waals surface area contributed by atoms with E-state index in [-0.39, 0.29) is 0 Å². The molecule has 2 heterocycles. The third-order valence-electron chi connectivity index (χ3n) is 3.67. The highest BCUT2D eigenvalue weighted by molar-refractivity contribution is 5.84. The first-order valence-electron chi connectivity index (χ1n) is 6.40. The van der Waals surface area contributed by atoms with Crippen molar-refractivity contribution in [2.24, 2.45) is 13.0 Å². The van der Waals surface area contributed by atoms with Gasteiger partial charge in [-0.15, -0.1) is 0 Å². The Balaban J connectivity index is 2.12. The van der Waals surface area contributed by atoms with Crippen LogP contribution in [0, 0.1) is 12.8 Å². The topological polar surface area (TPSA) is 47.4 Å². The van der Waals surface area contributed by atoms with Gasteiger partial charge in [-0.2, -0.15) is 5.10 Å². The molecule has 0 atom stereocenters. The number of aromatic nitrogens is 2. The fourth-order valence-corrected chi connectivity index (χ4v) is 2.72. The average Bonchev–Trinajstić information content (AvgIpc) is 2.65. The van der Waals surface area contributed by atoms with Gasteiger partial charge in [-0.25, -0.2) is 0 Å². The van der Waals surface area contributed by atoms with E-state index >= 15 is 0 Å². The lowest BCUT2D eigenvalue weighted by atomic mass is 9.97. The summed E-state index contributed by atoms with van der Waals surface area (Å²) in [6, 6.07) is 0. The number of hydrogen-bond donors (Lipinski definition) is 0. The van der Waals surface area contributed by atoms with Crippen molar-refractivity contribution in [2.45, 2.75) is 19.8 Å². The number of aryl methyl sites for hydroxylation is 2. The molecule has 0 radical (unpaired) electrons. The van der Waals surface area contributed by atoms with Crippen LogP contribution in [0.3, 0.4) is 0 Å². The first-order valence-corrected chi connectivity index (χ1v) is 6.40. The second kappa shape index (κ2) is 5.52. The summed E-state index contributed by atoms with van der Waals surface area (Å²) in [5, 5.41) is 4.33. The molecule has 1 aliphatic rings. The first kappa shape index (κ1) is 13.1. The lowest BCUT2D eigenvalue weighted by molar-refractivity contribution is 0.112. The van der Waals surface area contributed by atoms with E-state index in [9.17, 15) is 4.79 Å². The van der Waals surface area contributed by atoms with Crippen LogP contribution in [0.1, 0.15) is 28.9 Å². The smallest absolute Gasteiger partial charge is 0.155 e. The van der Waals surface area contributed by atoms with Gasteiger partial charge < -0.3 is 9.64 Å². The minimum Gasteiger partial charge on any atom is -0.384 e. The maximum absolute atomic E-state index is 11.2. The van der Waals surface area contributed by atoms with Gasteiger partial charge in [0.25, 0.3) is 0 Å². The van der Waals surface area contributed by atoms with Crippen molar-refractivity contribution in [3.63, 3.8) is 0 Å². The molecule has 100 valence electrons. The van der Waals surface area contributed by atoms with Crippen LogP contribution in [0.4, 0.5) is 5.82 Å². The highest BCUT2D eigenvalue weighted by atomic mass is 16.5. The maximum atomic E-state index is 11.2. The lowest BCUT2D eigenvalue weighted by Gasteiger charge is -2.33. The Morgan fingerprint density at radius 2 is 2.11 bits per heavy atom. The predicted octanol–water partition coefficient (Wildman–Crippen LogP) is 1.40. The fourth-order valence-electron chi connectivity index (χ4n) is 2.72. The van der Waals surface area contributed by atoms with Crippen molar-refractivity contribution in [1.29, 1.82) is 0 Å². The molecule has 1 fully saturated rings. The van der Waals surface area contributed by atoms with Gasteiger partial charge in [0.15, 0.2) is 6.29 Å². The number of anilines is 1. The van der Waals surface area contributed by atoms with Crippen LogP contribution in [-0.4, -0.2) is 42.9 Å². The van der Waals surface area contributed by atoms with Gasteiger partial charge in [0, 0.05) is 33.9 Å². The molecule has 2 rings (SSSR count). The van der Waals surface area contributed by atoms with Crippen molar-refractivity contribution >= 4 is 12.1 Å². The van der Waals surface area contributed by atoms with Crippen molar-refractivity contribution in [3.05, 3.63) is 11.3 Å².